The van der Waals surface area contributed by atoms with Gasteiger partial charge in [0.1, 0.15) is 5.82 Å². The molecule has 2 aromatic rings. The molecule has 19 heavy (non-hydrogen) atoms. The minimum Gasteiger partial charge on any atom is -0.383 e. The Bertz CT molecular complexity index is 563. The Morgan fingerprint density at radius 2 is 2.05 bits per heavy atom. The molecule has 0 aliphatic heterocycles. The molecule has 0 saturated carbocycles. The maximum atomic E-state index is 5.92. The first kappa shape index (κ1) is 12.2. The SMILES string of the molecule is Nc1ncccc1CCC1CCCc2ccccc21. The number of nitrogens with two attached hydrogens (primary N) is 1. The van der Waals surface area contributed by atoms with E-state index in [1.807, 2.05) is 6.07 Å². The highest BCUT2D eigenvalue weighted by atomic mass is 14.8. The summed E-state index contributed by atoms with van der Waals surface area (Å²) in [6, 6.07) is 13.0. The van der Waals surface area contributed by atoms with Gasteiger partial charge in [0.05, 0.1) is 0 Å². The van der Waals surface area contributed by atoms with E-state index in [2.05, 4.69) is 35.3 Å². The summed E-state index contributed by atoms with van der Waals surface area (Å²) < 4.78 is 0. The lowest BCUT2D eigenvalue weighted by Crippen LogP contribution is -2.11. The number of nitrogen functional groups attached to an aromatic ring is 1. The standard InChI is InChI=1S/C17H20N2/c18-17-15(8-4-12-19-17)11-10-14-7-3-6-13-5-1-2-9-16(13)14/h1-2,4-5,8-9,12,14H,3,6-7,10-11H2,(H2,18,19). The zero-order valence-corrected chi connectivity index (χ0v) is 11.2. The van der Waals surface area contributed by atoms with Crippen LogP contribution in [0.5, 0.6) is 0 Å². The van der Waals surface area contributed by atoms with Gasteiger partial charge in [-0.1, -0.05) is 30.3 Å². The first-order valence-electron chi connectivity index (χ1n) is 7.12. The van der Waals surface area contributed by atoms with E-state index >= 15 is 0 Å². The molecule has 1 heterocycles. The summed E-state index contributed by atoms with van der Waals surface area (Å²) in [7, 11) is 0. The van der Waals surface area contributed by atoms with Crippen molar-refractivity contribution in [1.29, 1.82) is 0 Å². The molecule has 3 rings (SSSR count). The van der Waals surface area contributed by atoms with Crippen LogP contribution in [0.4, 0.5) is 5.82 Å². The van der Waals surface area contributed by atoms with Crippen LogP contribution in [0.2, 0.25) is 0 Å². The molecule has 0 fully saturated rings. The fourth-order valence-corrected chi connectivity index (χ4v) is 3.15. The maximum absolute atomic E-state index is 5.92. The molecule has 2 heteroatoms. The minimum absolute atomic E-state index is 0.685. The van der Waals surface area contributed by atoms with Crippen molar-refractivity contribution in [3.63, 3.8) is 0 Å². The quantitative estimate of drug-likeness (QED) is 0.904. The van der Waals surface area contributed by atoms with Crippen molar-refractivity contribution < 1.29 is 0 Å². The van der Waals surface area contributed by atoms with Crippen molar-refractivity contribution in [3.8, 4) is 0 Å². The molecule has 1 unspecified atom stereocenters. The summed E-state index contributed by atoms with van der Waals surface area (Å²) in [5.41, 5.74) is 10.2. The molecule has 1 aliphatic carbocycles. The Morgan fingerprint density at radius 1 is 1.16 bits per heavy atom. The van der Waals surface area contributed by atoms with Gasteiger partial charge >= 0.3 is 0 Å². The number of aromatic nitrogens is 1. The van der Waals surface area contributed by atoms with Gasteiger partial charge in [-0.15, -0.1) is 0 Å². The van der Waals surface area contributed by atoms with Crippen molar-refractivity contribution in [2.75, 3.05) is 5.73 Å². The van der Waals surface area contributed by atoms with E-state index in [-0.39, 0.29) is 0 Å². The molecule has 2 nitrogen and oxygen atoms in total. The largest absolute Gasteiger partial charge is 0.383 e. The molecule has 0 spiro atoms. The molecule has 1 aromatic carbocycles. The van der Waals surface area contributed by atoms with Crippen LogP contribution in [-0.2, 0) is 12.8 Å². The molecule has 1 aliphatic rings. The van der Waals surface area contributed by atoms with Crippen LogP contribution < -0.4 is 5.73 Å². The highest BCUT2D eigenvalue weighted by Crippen LogP contribution is 2.34. The second kappa shape index (κ2) is 5.43. The summed E-state index contributed by atoms with van der Waals surface area (Å²) in [6.45, 7) is 0. The van der Waals surface area contributed by atoms with Gasteiger partial charge in [-0.25, -0.2) is 4.98 Å². The van der Waals surface area contributed by atoms with Crippen molar-refractivity contribution in [1.82, 2.24) is 4.98 Å². The Balaban J connectivity index is 1.73. The number of pyridine rings is 1. The average molecular weight is 252 g/mol. The Hall–Kier alpha value is -1.83. The second-order valence-corrected chi connectivity index (χ2v) is 5.37. The monoisotopic (exact) mass is 252 g/mol. The molecule has 1 atom stereocenters. The van der Waals surface area contributed by atoms with Crippen LogP contribution in [0.15, 0.2) is 42.6 Å². The van der Waals surface area contributed by atoms with Gasteiger partial charge in [-0.3, -0.25) is 0 Å². The lowest BCUT2D eigenvalue weighted by Gasteiger charge is -2.25. The summed E-state index contributed by atoms with van der Waals surface area (Å²) in [4.78, 5) is 4.16. The van der Waals surface area contributed by atoms with Gasteiger partial charge in [-0.05, 0) is 60.8 Å². The fraction of sp³-hybridized carbons (Fsp3) is 0.353. The van der Waals surface area contributed by atoms with E-state index in [1.165, 1.54) is 36.8 Å². The highest BCUT2D eigenvalue weighted by molar-refractivity contribution is 5.39. The topological polar surface area (TPSA) is 38.9 Å². The average Bonchev–Trinajstić information content (AvgIpc) is 2.46. The highest BCUT2D eigenvalue weighted by Gasteiger charge is 2.19. The third-order valence-corrected chi connectivity index (χ3v) is 4.18. The number of rotatable bonds is 3. The maximum Gasteiger partial charge on any atom is 0.126 e. The number of hydrogen-bond acceptors (Lipinski definition) is 2. The van der Waals surface area contributed by atoms with Gasteiger partial charge in [0.25, 0.3) is 0 Å². The van der Waals surface area contributed by atoms with Gasteiger partial charge in [-0.2, -0.15) is 0 Å². The van der Waals surface area contributed by atoms with Crippen LogP contribution in [0.3, 0.4) is 0 Å². The number of nitrogens with zero attached hydrogens (tertiary/aromatic N) is 1. The van der Waals surface area contributed by atoms with E-state index in [4.69, 9.17) is 5.73 Å². The second-order valence-electron chi connectivity index (χ2n) is 5.37. The van der Waals surface area contributed by atoms with Crippen molar-refractivity contribution in [3.05, 3.63) is 59.3 Å². The van der Waals surface area contributed by atoms with E-state index in [1.54, 1.807) is 11.8 Å². The number of hydrogen-bond donors (Lipinski definition) is 1. The van der Waals surface area contributed by atoms with Crippen molar-refractivity contribution in [2.45, 2.75) is 38.0 Å². The Labute approximate surface area is 114 Å². The number of anilines is 1. The normalized spacial score (nSPS) is 18.0. The molecule has 1 aromatic heterocycles. The minimum atomic E-state index is 0.685. The third-order valence-electron chi connectivity index (χ3n) is 4.18. The van der Waals surface area contributed by atoms with Gasteiger partial charge in [0.15, 0.2) is 0 Å². The van der Waals surface area contributed by atoms with Gasteiger partial charge in [0, 0.05) is 6.20 Å². The molecule has 0 radical (unpaired) electrons. The molecule has 98 valence electrons. The molecule has 2 N–H and O–H groups in total. The smallest absolute Gasteiger partial charge is 0.126 e. The Kier molecular flexibility index (Phi) is 3.49. The first-order valence-corrected chi connectivity index (χ1v) is 7.12. The molecule has 0 amide bonds. The molecule has 0 bridgehead atoms. The van der Waals surface area contributed by atoms with Crippen LogP contribution in [0.1, 0.15) is 41.9 Å². The van der Waals surface area contributed by atoms with Crippen LogP contribution in [0, 0.1) is 0 Å². The zero-order valence-electron chi connectivity index (χ0n) is 11.2. The fourth-order valence-electron chi connectivity index (χ4n) is 3.15. The van der Waals surface area contributed by atoms with E-state index in [9.17, 15) is 0 Å². The zero-order chi connectivity index (χ0) is 13.1. The predicted molar refractivity (Wildman–Crippen MR) is 79.1 cm³/mol. The lowest BCUT2D eigenvalue weighted by atomic mass is 9.80. The van der Waals surface area contributed by atoms with Crippen LogP contribution >= 0.6 is 0 Å². The molecular weight excluding hydrogens is 232 g/mol. The van der Waals surface area contributed by atoms with E-state index in [0.29, 0.717) is 11.7 Å². The number of aryl methyl sites for hydroxylation is 2. The lowest BCUT2D eigenvalue weighted by molar-refractivity contribution is 0.520. The van der Waals surface area contributed by atoms with Crippen molar-refractivity contribution >= 4 is 5.82 Å². The number of benzene rings is 1. The Morgan fingerprint density at radius 3 is 2.95 bits per heavy atom. The van der Waals surface area contributed by atoms with Crippen molar-refractivity contribution in [2.24, 2.45) is 0 Å². The van der Waals surface area contributed by atoms with Gasteiger partial charge < -0.3 is 5.73 Å². The summed E-state index contributed by atoms with van der Waals surface area (Å²) in [5.74, 6) is 1.37. The van der Waals surface area contributed by atoms with E-state index in [0.717, 1.165) is 6.42 Å². The predicted octanol–water partition coefficient (Wildman–Crippen LogP) is 3.72. The third kappa shape index (κ3) is 2.62. The van der Waals surface area contributed by atoms with E-state index < -0.39 is 0 Å². The summed E-state index contributed by atoms with van der Waals surface area (Å²) in [5, 5.41) is 0. The summed E-state index contributed by atoms with van der Waals surface area (Å²) in [6.07, 6.45) is 7.81. The number of fused-ring (bicyclic) bond motifs is 1. The van der Waals surface area contributed by atoms with Crippen LogP contribution in [0.25, 0.3) is 0 Å². The summed E-state index contributed by atoms with van der Waals surface area (Å²) >= 11 is 0. The molecule has 0 saturated heterocycles. The van der Waals surface area contributed by atoms with Gasteiger partial charge in [0.2, 0.25) is 0 Å². The molecular formula is C17H20N2. The first-order chi connectivity index (χ1) is 9.34. The van der Waals surface area contributed by atoms with Crippen LogP contribution in [-0.4, -0.2) is 4.98 Å².